The minimum Gasteiger partial charge on any atom is -0.383 e. The molecule has 0 saturated carbocycles. The maximum atomic E-state index is 5.12. The van der Waals surface area contributed by atoms with E-state index in [-0.39, 0.29) is 0 Å². The van der Waals surface area contributed by atoms with Crippen LogP contribution in [0.4, 0.5) is 0 Å². The molecule has 0 saturated heterocycles. The van der Waals surface area contributed by atoms with Crippen molar-refractivity contribution < 1.29 is 4.74 Å². The van der Waals surface area contributed by atoms with Crippen LogP contribution in [-0.2, 0) is 11.2 Å². The molecule has 1 atom stereocenters. The van der Waals surface area contributed by atoms with Gasteiger partial charge in [0.2, 0.25) is 0 Å². The lowest BCUT2D eigenvalue weighted by molar-refractivity contribution is 0.194. The number of aromatic nitrogens is 1. The van der Waals surface area contributed by atoms with E-state index in [9.17, 15) is 0 Å². The number of H-pyrrole nitrogens is 1. The van der Waals surface area contributed by atoms with Crippen LogP contribution in [-0.4, -0.2) is 25.2 Å². The van der Waals surface area contributed by atoms with E-state index in [0.717, 1.165) is 17.6 Å². The van der Waals surface area contributed by atoms with Crippen molar-refractivity contribution >= 4 is 26.8 Å². The molecule has 4 heteroatoms. The van der Waals surface area contributed by atoms with Gasteiger partial charge in [-0.3, -0.25) is 0 Å². The summed E-state index contributed by atoms with van der Waals surface area (Å²) in [6, 6.07) is 6.91. The predicted octanol–water partition coefficient (Wildman–Crippen LogP) is 3.54. The van der Waals surface area contributed by atoms with Gasteiger partial charge in [-0.15, -0.1) is 0 Å². The van der Waals surface area contributed by atoms with Crippen LogP contribution in [0, 0.1) is 0 Å². The van der Waals surface area contributed by atoms with E-state index >= 15 is 0 Å². The molecule has 1 aliphatic rings. The van der Waals surface area contributed by atoms with Crippen molar-refractivity contribution in [3.8, 4) is 0 Å². The summed E-state index contributed by atoms with van der Waals surface area (Å²) in [6.45, 7) is 1.66. The zero-order chi connectivity index (χ0) is 13.2. The molecular formula is C15H19BrN2O. The van der Waals surface area contributed by atoms with E-state index < -0.39 is 0 Å². The highest BCUT2D eigenvalue weighted by Gasteiger charge is 2.23. The first kappa shape index (κ1) is 13.2. The van der Waals surface area contributed by atoms with Gasteiger partial charge in [0.25, 0.3) is 0 Å². The lowest BCUT2D eigenvalue weighted by atomic mass is 9.92. The Hall–Kier alpha value is -0.840. The van der Waals surface area contributed by atoms with Crippen LogP contribution in [0.5, 0.6) is 0 Å². The number of fused-ring (bicyclic) bond motifs is 3. The number of hydrogen-bond donors (Lipinski definition) is 2. The predicted molar refractivity (Wildman–Crippen MR) is 81.6 cm³/mol. The highest BCUT2D eigenvalue weighted by atomic mass is 79.9. The van der Waals surface area contributed by atoms with Crippen LogP contribution < -0.4 is 5.32 Å². The van der Waals surface area contributed by atoms with Crippen LogP contribution >= 0.6 is 15.9 Å². The highest BCUT2D eigenvalue weighted by molar-refractivity contribution is 9.10. The molecule has 3 rings (SSSR count). The van der Waals surface area contributed by atoms with E-state index in [1.165, 1.54) is 41.4 Å². The molecule has 0 amide bonds. The fraction of sp³-hybridized carbons (Fsp3) is 0.467. The summed E-state index contributed by atoms with van der Waals surface area (Å²) in [5.41, 5.74) is 4.10. The molecule has 1 aromatic carbocycles. The minimum absolute atomic E-state index is 0.435. The van der Waals surface area contributed by atoms with Crippen molar-refractivity contribution in [2.75, 3.05) is 20.3 Å². The lowest BCUT2D eigenvalue weighted by Gasteiger charge is -2.23. The van der Waals surface area contributed by atoms with Crippen molar-refractivity contribution in [1.82, 2.24) is 10.3 Å². The normalized spacial score (nSPS) is 18.7. The molecule has 3 nitrogen and oxygen atoms in total. The van der Waals surface area contributed by atoms with Crippen LogP contribution in [0.3, 0.4) is 0 Å². The molecule has 2 N–H and O–H groups in total. The molecule has 0 radical (unpaired) electrons. The molecule has 1 aromatic heterocycles. The SMILES string of the molecule is COCCNC1CCCc2c1[nH]c1ccc(Br)cc21. The smallest absolute Gasteiger partial charge is 0.0587 e. The summed E-state index contributed by atoms with van der Waals surface area (Å²) in [5, 5.41) is 4.95. The van der Waals surface area contributed by atoms with Gasteiger partial charge in [-0.2, -0.15) is 0 Å². The average molecular weight is 323 g/mol. The maximum Gasteiger partial charge on any atom is 0.0587 e. The molecule has 0 bridgehead atoms. The van der Waals surface area contributed by atoms with E-state index in [1.54, 1.807) is 7.11 Å². The Bertz CT molecular complexity index is 579. The zero-order valence-electron chi connectivity index (χ0n) is 11.1. The first-order valence-corrected chi connectivity index (χ1v) is 7.61. The van der Waals surface area contributed by atoms with Gasteiger partial charge in [-0.1, -0.05) is 15.9 Å². The largest absolute Gasteiger partial charge is 0.383 e. The van der Waals surface area contributed by atoms with Crippen LogP contribution in [0.25, 0.3) is 10.9 Å². The maximum absolute atomic E-state index is 5.12. The van der Waals surface area contributed by atoms with Gasteiger partial charge in [-0.05, 0) is 43.0 Å². The quantitative estimate of drug-likeness (QED) is 0.845. The standard InChI is InChI=1S/C15H19BrN2O/c1-19-8-7-17-14-4-2-3-11-12-9-10(16)5-6-13(12)18-15(11)14/h5-6,9,14,17-18H,2-4,7-8H2,1H3. The van der Waals surface area contributed by atoms with Gasteiger partial charge in [0.05, 0.1) is 6.61 Å². The Morgan fingerprint density at radius 2 is 2.37 bits per heavy atom. The van der Waals surface area contributed by atoms with E-state index in [4.69, 9.17) is 4.74 Å². The van der Waals surface area contributed by atoms with Crippen molar-refractivity contribution in [3.05, 3.63) is 33.9 Å². The van der Waals surface area contributed by atoms with Gasteiger partial charge in [0.15, 0.2) is 0 Å². The number of nitrogens with one attached hydrogen (secondary N) is 2. The number of rotatable bonds is 4. The monoisotopic (exact) mass is 322 g/mol. The fourth-order valence-electron chi connectivity index (χ4n) is 2.97. The second kappa shape index (κ2) is 5.65. The number of aryl methyl sites for hydroxylation is 1. The summed E-state index contributed by atoms with van der Waals surface area (Å²) >= 11 is 3.57. The third-order valence-corrected chi connectivity index (χ3v) is 4.36. The third kappa shape index (κ3) is 2.57. The third-order valence-electron chi connectivity index (χ3n) is 3.87. The molecule has 2 aromatic rings. The van der Waals surface area contributed by atoms with Gasteiger partial charge in [0, 0.05) is 40.8 Å². The molecule has 1 aliphatic carbocycles. The van der Waals surface area contributed by atoms with Crippen LogP contribution in [0.2, 0.25) is 0 Å². The van der Waals surface area contributed by atoms with Crippen molar-refractivity contribution in [2.45, 2.75) is 25.3 Å². The first-order chi connectivity index (χ1) is 9.29. The summed E-state index contributed by atoms with van der Waals surface area (Å²) in [6.07, 6.45) is 3.62. The Morgan fingerprint density at radius 1 is 1.47 bits per heavy atom. The number of benzene rings is 1. The summed E-state index contributed by atoms with van der Waals surface area (Å²) in [7, 11) is 1.74. The molecule has 19 heavy (non-hydrogen) atoms. The Balaban J connectivity index is 1.93. The van der Waals surface area contributed by atoms with Crippen molar-refractivity contribution in [2.24, 2.45) is 0 Å². The minimum atomic E-state index is 0.435. The molecule has 0 fully saturated rings. The average Bonchev–Trinajstić information content (AvgIpc) is 2.78. The first-order valence-electron chi connectivity index (χ1n) is 6.82. The number of halogens is 1. The van der Waals surface area contributed by atoms with E-state index in [1.807, 2.05) is 0 Å². The lowest BCUT2D eigenvalue weighted by Crippen LogP contribution is -2.28. The summed E-state index contributed by atoms with van der Waals surface area (Å²) in [5.74, 6) is 0. The van der Waals surface area contributed by atoms with Crippen molar-refractivity contribution in [3.63, 3.8) is 0 Å². The Morgan fingerprint density at radius 3 is 3.21 bits per heavy atom. The van der Waals surface area contributed by atoms with E-state index in [0.29, 0.717) is 6.04 Å². The van der Waals surface area contributed by atoms with Crippen LogP contribution in [0.1, 0.15) is 30.1 Å². The number of aromatic amines is 1. The van der Waals surface area contributed by atoms with E-state index in [2.05, 4.69) is 44.4 Å². The van der Waals surface area contributed by atoms with Crippen LogP contribution in [0.15, 0.2) is 22.7 Å². The zero-order valence-corrected chi connectivity index (χ0v) is 12.7. The second-order valence-electron chi connectivity index (χ2n) is 5.10. The van der Waals surface area contributed by atoms with Gasteiger partial charge in [-0.25, -0.2) is 0 Å². The van der Waals surface area contributed by atoms with Gasteiger partial charge < -0.3 is 15.0 Å². The molecule has 1 unspecified atom stereocenters. The molecular weight excluding hydrogens is 304 g/mol. The summed E-state index contributed by atoms with van der Waals surface area (Å²) < 4.78 is 6.27. The topological polar surface area (TPSA) is 37.0 Å². The van der Waals surface area contributed by atoms with Crippen molar-refractivity contribution in [1.29, 1.82) is 0 Å². The molecule has 0 aliphatic heterocycles. The molecule has 102 valence electrons. The van der Waals surface area contributed by atoms with Gasteiger partial charge in [0.1, 0.15) is 0 Å². The van der Waals surface area contributed by atoms with Gasteiger partial charge >= 0.3 is 0 Å². The Kier molecular flexibility index (Phi) is 3.91. The number of ether oxygens (including phenoxy) is 1. The number of methoxy groups -OCH3 is 1. The highest BCUT2D eigenvalue weighted by Crippen LogP contribution is 2.35. The Labute approximate surface area is 121 Å². The fourth-order valence-corrected chi connectivity index (χ4v) is 3.34. The number of hydrogen-bond acceptors (Lipinski definition) is 2. The molecule has 0 spiro atoms. The summed E-state index contributed by atoms with van der Waals surface area (Å²) in [4.78, 5) is 3.60. The molecule has 1 heterocycles. The second-order valence-corrected chi connectivity index (χ2v) is 6.01.